The fourth-order valence-electron chi connectivity index (χ4n) is 2.28. The van der Waals surface area contributed by atoms with Crippen LogP contribution in [0, 0.1) is 0 Å². The molecule has 4 rings (SSSR count). The summed E-state index contributed by atoms with van der Waals surface area (Å²) in [7, 11) is 0. The summed E-state index contributed by atoms with van der Waals surface area (Å²) in [5, 5.41) is 0. The molecule has 0 radical (unpaired) electrons. The first-order valence-electron chi connectivity index (χ1n) is 4.35. The second kappa shape index (κ2) is 1.58. The molecule has 60 valence electrons. The summed E-state index contributed by atoms with van der Waals surface area (Å²) in [6, 6.07) is 8.44. The third-order valence-electron chi connectivity index (χ3n) is 2.98. The van der Waals surface area contributed by atoms with Crippen LogP contribution in [0.15, 0.2) is 24.3 Å². The predicted molar refractivity (Wildman–Crippen MR) is 41.7 cm³/mol. The Kier molecular flexibility index (Phi) is 0.755. The van der Waals surface area contributed by atoms with E-state index in [9.17, 15) is 0 Å². The lowest BCUT2D eigenvalue weighted by molar-refractivity contribution is 0.304. The largest absolute Gasteiger partial charge is 0.362 e. The molecular formula is C10H8O2. The van der Waals surface area contributed by atoms with Gasteiger partial charge in [-0.3, -0.25) is 0 Å². The fraction of sp³-hybridized carbons (Fsp3) is 0.400. The van der Waals surface area contributed by atoms with Crippen molar-refractivity contribution in [3.63, 3.8) is 0 Å². The maximum atomic E-state index is 5.53. The van der Waals surface area contributed by atoms with Crippen molar-refractivity contribution in [1.82, 2.24) is 0 Å². The highest BCUT2D eigenvalue weighted by Crippen LogP contribution is 2.60. The minimum atomic E-state index is 0.352. The van der Waals surface area contributed by atoms with Crippen LogP contribution in [0.25, 0.3) is 0 Å². The van der Waals surface area contributed by atoms with Crippen LogP contribution in [-0.4, -0.2) is 12.2 Å². The van der Waals surface area contributed by atoms with Gasteiger partial charge < -0.3 is 9.47 Å². The van der Waals surface area contributed by atoms with Crippen molar-refractivity contribution in [2.45, 2.75) is 24.4 Å². The van der Waals surface area contributed by atoms with Crippen LogP contribution in [0.5, 0.6) is 0 Å². The molecule has 1 aliphatic carbocycles. The van der Waals surface area contributed by atoms with Crippen molar-refractivity contribution in [2.75, 3.05) is 0 Å². The fourth-order valence-corrected chi connectivity index (χ4v) is 2.28. The van der Waals surface area contributed by atoms with Crippen LogP contribution in [0.2, 0.25) is 0 Å². The van der Waals surface area contributed by atoms with Gasteiger partial charge >= 0.3 is 0 Å². The van der Waals surface area contributed by atoms with E-state index in [1.807, 2.05) is 0 Å². The van der Waals surface area contributed by atoms with E-state index in [1.165, 1.54) is 11.1 Å². The number of rotatable bonds is 0. The standard InChI is InChI=1S/C10H8O2/c1-2-4-6-5(3-1)7-9(11-7)10-8(6)12-10/h1-4,7-10H/t7-,8+,9-,10+. The van der Waals surface area contributed by atoms with Crippen LogP contribution in [0.4, 0.5) is 0 Å². The molecule has 0 unspecified atom stereocenters. The summed E-state index contributed by atoms with van der Waals surface area (Å²) < 4.78 is 11.1. The summed E-state index contributed by atoms with van der Waals surface area (Å²) in [6.45, 7) is 0. The van der Waals surface area contributed by atoms with Crippen LogP contribution < -0.4 is 0 Å². The molecule has 0 bridgehead atoms. The molecule has 2 nitrogen and oxygen atoms in total. The van der Waals surface area contributed by atoms with Crippen molar-refractivity contribution < 1.29 is 9.47 Å². The average molecular weight is 160 g/mol. The Hall–Kier alpha value is -0.860. The van der Waals surface area contributed by atoms with E-state index < -0.39 is 0 Å². The third kappa shape index (κ3) is 0.520. The minimum absolute atomic E-state index is 0.352. The molecule has 2 saturated heterocycles. The van der Waals surface area contributed by atoms with Gasteiger partial charge in [0.25, 0.3) is 0 Å². The van der Waals surface area contributed by atoms with Gasteiger partial charge in [-0.25, -0.2) is 0 Å². The Morgan fingerprint density at radius 3 is 1.83 bits per heavy atom. The van der Waals surface area contributed by atoms with E-state index in [4.69, 9.17) is 9.47 Å². The zero-order valence-corrected chi connectivity index (χ0v) is 6.44. The Balaban J connectivity index is 1.99. The van der Waals surface area contributed by atoms with Gasteiger partial charge in [0.05, 0.1) is 0 Å². The summed E-state index contributed by atoms with van der Waals surface area (Å²) in [6.07, 6.45) is 1.46. The molecular weight excluding hydrogens is 152 g/mol. The number of fused-ring (bicyclic) bond motifs is 6. The number of hydrogen-bond donors (Lipinski definition) is 0. The summed E-state index contributed by atoms with van der Waals surface area (Å²) >= 11 is 0. The normalized spacial score (nSPS) is 45.7. The Morgan fingerprint density at radius 1 is 0.833 bits per heavy atom. The zero-order valence-electron chi connectivity index (χ0n) is 6.44. The molecule has 2 aliphatic heterocycles. The van der Waals surface area contributed by atoms with Gasteiger partial charge in [0.2, 0.25) is 0 Å². The van der Waals surface area contributed by atoms with Gasteiger partial charge in [-0.05, 0) is 11.1 Å². The first-order chi connectivity index (χ1) is 5.95. The smallest absolute Gasteiger partial charge is 0.118 e. The van der Waals surface area contributed by atoms with Crippen molar-refractivity contribution in [1.29, 1.82) is 0 Å². The van der Waals surface area contributed by atoms with E-state index in [-0.39, 0.29) is 0 Å². The van der Waals surface area contributed by atoms with Crippen molar-refractivity contribution in [3.8, 4) is 0 Å². The molecule has 1 aromatic carbocycles. The average Bonchev–Trinajstić information content (AvgIpc) is 2.98. The molecule has 3 aliphatic rings. The maximum Gasteiger partial charge on any atom is 0.118 e. The number of epoxide rings is 2. The number of benzene rings is 1. The van der Waals surface area contributed by atoms with Crippen LogP contribution >= 0.6 is 0 Å². The van der Waals surface area contributed by atoms with Crippen LogP contribution in [-0.2, 0) is 9.47 Å². The predicted octanol–water partition coefficient (Wildman–Crippen LogP) is 1.58. The van der Waals surface area contributed by atoms with E-state index in [0.717, 1.165) is 0 Å². The summed E-state index contributed by atoms with van der Waals surface area (Å²) in [5.41, 5.74) is 2.70. The lowest BCUT2D eigenvalue weighted by atomic mass is 9.92. The lowest BCUT2D eigenvalue weighted by Gasteiger charge is -2.06. The van der Waals surface area contributed by atoms with Crippen molar-refractivity contribution in [2.24, 2.45) is 0 Å². The van der Waals surface area contributed by atoms with Gasteiger partial charge in [-0.15, -0.1) is 0 Å². The molecule has 2 heterocycles. The molecule has 0 N–H and O–H groups in total. The van der Waals surface area contributed by atoms with E-state index in [1.54, 1.807) is 0 Å². The monoisotopic (exact) mass is 160 g/mol. The van der Waals surface area contributed by atoms with Gasteiger partial charge in [-0.1, -0.05) is 24.3 Å². The highest BCUT2D eigenvalue weighted by Gasteiger charge is 2.63. The minimum Gasteiger partial charge on any atom is -0.362 e. The summed E-state index contributed by atoms with van der Waals surface area (Å²) in [4.78, 5) is 0. The number of hydrogen-bond acceptors (Lipinski definition) is 2. The molecule has 4 atom stereocenters. The molecule has 12 heavy (non-hydrogen) atoms. The Morgan fingerprint density at radius 2 is 1.33 bits per heavy atom. The highest BCUT2D eigenvalue weighted by molar-refractivity contribution is 5.42. The third-order valence-corrected chi connectivity index (χ3v) is 2.98. The second-order valence-corrected chi connectivity index (χ2v) is 3.67. The van der Waals surface area contributed by atoms with Crippen LogP contribution in [0.3, 0.4) is 0 Å². The molecule has 0 spiro atoms. The Labute approximate surface area is 70.1 Å². The molecule has 1 aromatic rings. The summed E-state index contributed by atoms with van der Waals surface area (Å²) in [5.74, 6) is 0. The SMILES string of the molecule is c1ccc2c(c1)[C@H]1O[C@H]1[C@H]1O[C@@H]21. The second-order valence-electron chi connectivity index (χ2n) is 3.67. The molecule has 0 saturated carbocycles. The maximum absolute atomic E-state index is 5.53. The van der Waals surface area contributed by atoms with Gasteiger partial charge in [0.1, 0.15) is 24.4 Å². The quantitative estimate of drug-likeness (QED) is 0.538. The van der Waals surface area contributed by atoms with Gasteiger partial charge in [-0.2, -0.15) is 0 Å². The topological polar surface area (TPSA) is 25.1 Å². The first kappa shape index (κ1) is 5.73. The molecule has 0 amide bonds. The lowest BCUT2D eigenvalue weighted by Crippen LogP contribution is -2.07. The first-order valence-corrected chi connectivity index (χ1v) is 4.35. The van der Waals surface area contributed by atoms with Gasteiger partial charge in [0, 0.05) is 0 Å². The van der Waals surface area contributed by atoms with Gasteiger partial charge in [0.15, 0.2) is 0 Å². The van der Waals surface area contributed by atoms with E-state index in [0.29, 0.717) is 24.4 Å². The van der Waals surface area contributed by atoms with E-state index in [2.05, 4.69) is 24.3 Å². The molecule has 0 aromatic heterocycles. The van der Waals surface area contributed by atoms with Crippen molar-refractivity contribution in [3.05, 3.63) is 35.4 Å². The van der Waals surface area contributed by atoms with E-state index >= 15 is 0 Å². The highest BCUT2D eigenvalue weighted by atomic mass is 16.7. The Bertz CT molecular complexity index is 326. The van der Waals surface area contributed by atoms with Crippen molar-refractivity contribution >= 4 is 0 Å². The number of ether oxygens (including phenoxy) is 2. The molecule has 2 heteroatoms. The molecule has 2 fully saturated rings. The van der Waals surface area contributed by atoms with Crippen LogP contribution in [0.1, 0.15) is 23.3 Å². The zero-order chi connectivity index (χ0) is 7.71.